The number of hydrogen-bond donors (Lipinski definition) is 2. The molecule has 5 heterocycles. The number of H-pyrrole nitrogens is 2. The van der Waals surface area contributed by atoms with Gasteiger partial charge in [-0.25, -0.2) is 9.97 Å². The Labute approximate surface area is 167 Å². The number of nitrogens with one attached hydrogen (secondary N) is 2. The van der Waals surface area contributed by atoms with Crippen LogP contribution in [0.25, 0.3) is 44.8 Å². The standard InChI is InChI=1S/C20H12Br2N4/c21-17-7-15-6-13-2-1-11(23-13)5-12-3-4-14(24-12)9-19-18(22)8-16(26-19)10-20(17)25-15/h1-10,24-25H/i3D. The van der Waals surface area contributed by atoms with Crippen molar-refractivity contribution in [3.05, 3.63) is 69.7 Å². The maximum Gasteiger partial charge on any atom is 0.0800 e. The van der Waals surface area contributed by atoms with Crippen molar-refractivity contribution in [3.63, 3.8) is 0 Å². The van der Waals surface area contributed by atoms with Crippen molar-refractivity contribution in [1.29, 1.82) is 0 Å². The summed E-state index contributed by atoms with van der Waals surface area (Å²) in [7, 11) is 0. The molecule has 126 valence electrons. The van der Waals surface area contributed by atoms with Crippen LogP contribution in [0, 0.1) is 0 Å². The minimum atomic E-state index is 0.422. The van der Waals surface area contributed by atoms with Crippen LogP contribution in [-0.2, 0) is 0 Å². The number of aromatic amines is 2. The molecular formula is C20H12Br2N4. The zero-order chi connectivity index (χ0) is 18.5. The van der Waals surface area contributed by atoms with Gasteiger partial charge in [0, 0.05) is 25.5 Å². The number of hydrogen-bond acceptors (Lipinski definition) is 2. The predicted molar refractivity (Wildman–Crippen MR) is 114 cm³/mol. The second-order valence-electron chi connectivity index (χ2n) is 6.06. The smallest absolute Gasteiger partial charge is 0.0800 e. The van der Waals surface area contributed by atoms with Crippen LogP contribution in [-0.4, -0.2) is 19.9 Å². The van der Waals surface area contributed by atoms with E-state index in [1.54, 1.807) is 6.07 Å². The summed E-state index contributed by atoms with van der Waals surface area (Å²) >= 11 is 7.18. The van der Waals surface area contributed by atoms with Gasteiger partial charge in [0.05, 0.1) is 29.7 Å². The molecule has 2 aliphatic rings. The Hall–Kier alpha value is -2.44. The van der Waals surface area contributed by atoms with Crippen LogP contribution in [0.1, 0.15) is 24.1 Å². The van der Waals surface area contributed by atoms with Gasteiger partial charge in [0.2, 0.25) is 0 Å². The first kappa shape index (κ1) is 14.7. The van der Waals surface area contributed by atoms with Crippen LogP contribution >= 0.6 is 31.9 Å². The van der Waals surface area contributed by atoms with Crippen LogP contribution in [0.3, 0.4) is 0 Å². The molecule has 0 radical (unpaired) electrons. The Kier molecular flexibility index (Phi) is 3.43. The van der Waals surface area contributed by atoms with Crippen LogP contribution in [0.4, 0.5) is 0 Å². The largest absolute Gasteiger partial charge is 0.355 e. The topological polar surface area (TPSA) is 57.4 Å². The van der Waals surface area contributed by atoms with E-state index in [1.165, 1.54) is 0 Å². The molecule has 3 aromatic rings. The Morgan fingerprint density at radius 3 is 2.46 bits per heavy atom. The average Bonchev–Trinajstić information content (AvgIpc) is 3.34. The summed E-state index contributed by atoms with van der Waals surface area (Å²) in [6.07, 6.45) is 5.88. The van der Waals surface area contributed by atoms with Crippen LogP contribution in [0.5, 0.6) is 0 Å². The molecule has 0 atom stereocenters. The highest BCUT2D eigenvalue weighted by Crippen LogP contribution is 2.28. The molecule has 4 nitrogen and oxygen atoms in total. The Morgan fingerprint density at radius 2 is 1.62 bits per heavy atom. The molecule has 26 heavy (non-hydrogen) atoms. The molecule has 8 bridgehead atoms. The SMILES string of the molecule is [2H]c1cc2cc3nc(cc4[nH]c(cc5nc(cc1[nH]2)C=C5)cc4Br)C=C3Br. The fraction of sp³-hybridized carbons (Fsp3) is 0. The molecule has 2 N–H and O–H groups in total. The second-order valence-corrected chi connectivity index (χ2v) is 7.76. The molecule has 6 heteroatoms. The number of halogens is 2. The van der Waals surface area contributed by atoms with Gasteiger partial charge in [-0.2, -0.15) is 0 Å². The van der Waals surface area contributed by atoms with Gasteiger partial charge in [-0.1, -0.05) is 0 Å². The van der Waals surface area contributed by atoms with Crippen LogP contribution in [0.15, 0.2) is 46.9 Å². The average molecular weight is 469 g/mol. The molecule has 0 amide bonds. The van der Waals surface area contributed by atoms with Crippen LogP contribution < -0.4 is 0 Å². The summed E-state index contributed by atoms with van der Waals surface area (Å²) < 4.78 is 10.1. The molecular weight excluding hydrogens is 456 g/mol. The van der Waals surface area contributed by atoms with E-state index in [0.29, 0.717) is 6.04 Å². The van der Waals surface area contributed by atoms with E-state index < -0.39 is 0 Å². The highest BCUT2D eigenvalue weighted by atomic mass is 79.9. The Balaban J connectivity index is 1.90. The fourth-order valence-electron chi connectivity index (χ4n) is 2.95. The van der Waals surface area contributed by atoms with E-state index in [4.69, 9.17) is 1.37 Å². The van der Waals surface area contributed by atoms with Gasteiger partial charge in [-0.15, -0.1) is 0 Å². The van der Waals surface area contributed by atoms with Gasteiger partial charge in [-0.05, 0) is 92.5 Å². The zero-order valence-electron chi connectivity index (χ0n) is 14.3. The maximum absolute atomic E-state index is 8.20. The third-order valence-corrected chi connectivity index (χ3v) is 5.40. The summed E-state index contributed by atoms with van der Waals surface area (Å²) in [5.74, 6) is 0. The normalized spacial score (nSPS) is 13.6. The van der Waals surface area contributed by atoms with Gasteiger partial charge in [0.15, 0.2) is 0 Å². The minimum absolute atomic E-state index is 0.422. The van der Waals surface area contributed by atoms with E-state index in [0.717, 1.165) is 53.8 Å². The highest BCUT2D eigenvalue weighted by Gasteiger charge is 2.08. The van der Waals surface area contributed by atoms with Crippen molar-refractivity contribution in [1.82, 2.24) is 19.9 Å². The van der Waals surface area contributed by atoms with Crippen molar-refractivity contribution >= 4 is 76.6 Å². The fourth-order valence-corrected chi connectivity index (χ4v) is 3.85. The lowest BCUT2D eigenvalue weighted by atomic mass is 10.3. The van der Waals surface area contributed by atoms with Crippen molar-refractivity contribution in [2.45, 2.75) is 0 Å². The van der Waals surface area contributed by atoms with Crippen molar-refractivity contribution in [2.75, 3.05) is 0 Å². The molecule has 0 aliphatic carbocycles. The van der Waals surface area contributed by atoms with Gasteiger partial charge >= 0.3 is 0 Å². The molecule has 3 aromatic heterocycles. The van der Waals surface area contributed by atoms with E-state index >= 15 is 0 Å². The minimum Gasteiger partial charge on any atom is -0.355 e. The first-order valence-electron chi connectivity index (χ1n) is 8.47. The number of rotatable bonds is 0. The van der Waals surface area contributed by atoms with Gasteiger partial charge < -0.3 is 9.97 Å². The lowest BCUT2D eigenvalue weighted by Gasteiger charge is -1.87. The van der Waals surface area contributed by atoms with E-state index in [1.807, 2.05) is 48.6 Å². The quantitative estimate of drug-likeness (QED) is 0.325. The molecule has 0 fully saturated rings. The molecule has 0 spiro atoms. The first-order chi connectivity index (χ1) is 13.0. The summed E-state index contributed by atoms with van der Waals surface area (Å²) in [5, 5.41) is 0. The molecule has 2 aliphatic heterocycles. The second kappa shape index (κ2) is 6.07. The lowest BCUT2D eigenvalue weighted by molar-refractivity contribution is 1.31. The van der Waals surface area contributed by atoms with E-state index in [2.05, 4.69) is 51.8 Å². The summed E-state index contributed by atoms with van der Waals surface area (Å²) in [6.45, 7) is 0. The molecule has 0 saturated heterocycles. The first-order valence-corrected chi connectivity index (χ1v) is 9.56. The summed E-state index contributed by atoms with van der Waals surface area (Å²) in [5.41, 5.74) is 6.75. The lowest BCUT2D eigenvalue weighted by Crippen LogP contribution is -1.76. The number of fused-ring (bicyclic) bond motifs is 8. The monoisotopic (exact) mass is 467 g/mol. The third kappa shape index (κ3) is 2.95. The van der Waals surface area contributed by atoms with Gasteiger partial charge in [-0.3, -0.25) is 0 Å². The van der Waals surface area contributed by atoms with Crippen LogP contribution in [0.2, 0.25) is 0 Å². The van der Waals surface area contributed by atoms with Gasteiger partial charge in [0.25, 0.3) is 0 Å². The number of aromatic nitrogens is 4. The Morgan fingerprint density at radius 1 is 0.808 bits per heavy atom. The zero-order valence-corrected chi connectivity index (χ0v) is 16.5. The van der Waals surface area contributed by atoms with Gasteiger partial charge in [0.1, 0.15) is 0 Å². The third-order valence-electron chi connectivity index (χ3n) is 4.11. The van der Waals surface area contributed by atoms with Crippen molar-refractivity contribution in [2.24, 2.45) is 0 Å². The Bertz CT molecular complexity index is 1310. The van der Waals surface area contributed by atoms with Crippen molar-refractivity contribution in [3.8, 4) is 0 Å². The summed E-state index contributed by atoms with van der Waals surface area (Å²) in [4.78, 5) is 15.9. The van der Waals surface area contributed by atoms with Crippen molar-refractivity contribution < 1.29 is 1.37 Å². The molecule has 5 rings (SSSR count). The maximum atomic E-state index is 8.20. The van der Waals surface area contributed by atoms with E-state index in [-0.39, 0.29) is 0 Å². The number of nitrogens with zero attached hydrogens (tertiary/aromatic N) is 2. The highest BCUT2D eigenvalue weighted by molar-refractivity contribution is 9.15. The molecule has 0 saturated carbocycles. The summed E-state index contributed by atoms with van der Waals surface area (Å²) in [6, 6.07) is 12.0. The predicted octanol–water partition coefficient (Wildman–Crippen LogP) is 6.14. The molecule has 0 unspecified atom stereocenters. The molecule has 0 aromatic carbocycles. The van der Waals surface area contributed by atoms with E-state index in [9.17, 15) is 0 Å².